The van der Waals surface area contributed by atoms with Gasteiger partial charge >= 0.3 is 0 Å². The first-order valence-electron chi connectivity index (χ1n) is 7.56. The van der Waals surface area contributed by atoms with Gasteiger partial charge in [-0.05, 0) is 32.4 Å². The summed E-state index contributed by atoms with van der Waals surface area (Å²) in [6.45, 7) is 11.6. The van der Waals surface area contributed by atoms with Crippen LogP contribution >= 0.6 is 0 Å². The molecule has 0 spiro atoms. The van der Waals surface area contributed by atoms with Crippen molar-refractivity contribution in [2.45, 2.75) is 58.5 Å². The number of imidazole rings is 1. The summed E-state index contributed by atoms with van der Waals surface area (Å²) in [5.41, 5.74) is 7.94. The predicted octanol–water partition coefficient (Wildman–Crippen LogP) is 3.47. The zero-order valence-corrected chi connectivity index (χ0v) is 14.0. The Morgan fingerprint density at radius 3 is 2.43 bits per heavy atom. The number of nitrogens with zero attached hydrogens (tertiary/aromatic N) is 2. The van der Waals surface area contributed by atoms with E-state index in [9.17, 15) is 0 Å². The van der Waals surface area contributed by atoms with Crippen molar-refractivity contribution < 1.29 is 4.74 Å². The van der Waals surface area contributed by atoms with Gasteiger partial charge in [-0.25, -0.2) is 4.98 Å². The fourth-order valence-corrected chi connectivity index (χ4v) is 2.45. The van der Waals surface area contributed by atoms with Gasteiger partial charge in [0.2, 0.25) is 0 Å². The largest absolute Gasteiger partial charge is 0.497 e. The third kappa shape index (κ3) is 2.64. The molecule has 2 N–H and O–H groups in total. The zero-order chi connectivity index (χ0) is 15.8. The molecule has 4 nitrogen and oxygen atoms in total. The van der Waals surface area contributed by atoms with Crippen molar-refractivity contribution in [1.29, 1.82) is 0 Å². The van der Waals surface area contributed by atoms with Crippen LogP contribution in [0.4, 0.5) is 0 Å². The molecule has 2 aromatic rings. The Labute approximate surface area is 127 Å². The van der Waals surface area contributed by atoms with E-state index in [0.29, 0.717) is 0 Å². The molecule has 0 bridgehead atoms. The highest BCUT2D eigenvalue weighted by Crippen LogP contribution is 2.35. The molecule has 2 rings (SSSR count). The number of hydrogen-bond donors (Lipinski definition) is 1. The topological polar surface area (TPSA) is 53.1 Å². The number of ether oxygens (including phenoxy) is 1. The molecule has 0 fully saturated rings. The summed E-state index contributed by atoms with van der Waals surface area (Å²) in [6, 6.07) is 6.06. The second-order valence-corrected chi connectivity index (χ2v) is 6.79. The summed E-state index contributed by atoms with van der Waals surface area (Å²) in [6.07, 6.45) is 1.06. The number of fused-ring (bicyclic) bond motifs is 1. The Kier molecular flexibility index (Phi) is 4.02. The smallest absolute Gasteiger partial charge is 0.121 e. The molecule has 0 aliphatic rings. The van der Waals surface area contributed by atoms with E-state index in [2.05, 4.69) is 45.3 Å². The third-order valence-corrected chi connectivity index (χ3v) is 4.57. The van der Waals surface area contributed by atoms with Crippen LogP contribution in [-0.2, 0) is 12.0 Å². The standard InChI is InChI=1S/C17H27N3O/c1-7-10-20-14-9-8-12(21-6)11-13(14)19-15(20)16(2,3)17(4,5)18/h8-9,11H,7,10,18H2,1-6H3. The molecular weight excluding hydrogens is 262 g/mol. The summed E-state index contributed by atoms with van der Waals surface area (Å²) in [7, 11) is 1.68. The highest BCUT2D eigenvalue weighted by Gasteiger charge is 2.39. The van der Waals surface area contributed by atoms with Crippen LogP contribution in [0, 0.1) is 0 Å². The van der Waals surface area contributed by atoms with E-state index in [-0.39, 0.29) is 11.0 Å². The number of benzene rings is 1. The minimum atomic E-state index is -0.357. The predicted molar refractivity (Wildman–Crippen MR) is 87.9 cm³/mol. The SMILES string of the molecule is CCCn1c(C(C)(C)C(C)(C)N)nc2cc(OC)ccc21. The average molecular weight is 289 g/mol. The van der Waals surface area contributed by atoms with Crippen molar-refractivity contribution in [3.05, 3.63) is 24.0 Å². The van der Waals surface area contributed by atoms with Crippen molar-refractivity contribution in [2.24, 2.45) is 5.73 Å². The van der Waals surface area contributed by atoms with Gasteiger partial charge in [-0.15, -0.1) is 0 Å². The van der Waals surface area contributed by atoms with E-state index in [1.807, 2.05) is 12.1 Å². The molecule has 0 aliphatic heterocycles. The van der Waals surface area contributed by atoms with E-state index < -0.39 is 0 Å². The van der Waals surface area contributed by atoms with Crippen LogP contribution in [0.3, 0.4) is 0 Å². The lowest BCUT2D eigenvalue weighted by Gasteiger charge is -2.38. The van der Waals surface area contributed by atoms with Gasteiger partial charge in [0.05, 0.1) is 18.1 Å². The average Bonchev–Trinajstić information content (AvgIpc) is 2.76. The molecular formula is C17H27N3O. The molecule has 0 radical (unpaired) electrons. The number of aromatic nitrogens is 2. The molecule has 0 saturated carbocycles. The van der Waals surface area contributed by atoms with Gasteiger partial charge in [-0.1, -0.05) is 20.8 Å². The second kappa shape index (κ2) is 5.34. The summed E-state index contributed by atoms with van der Waals surface area (Å²) < 4.78 is 7.61. The van der Waals surface area contributed by atoms with Crippen LogP contribution in [0.5, 0.6) is 5.75 Å². The zero-order valence-electron chi connectivity index (χ0n) is 14.0. The molecule has 0 unspecified atom stereocenters. The van der Waals surface area contributed by atoms with Crippen LogP contribution in [0.2, 0.25) is 0 Å². The molecule has 1 aromatic heterocycles. The lowest BCUT2D eigenvalue weighted by molar-refractivity contribution is 0.282. The molecule has 0 saturated heterocycles. The van der Waals surface area contributed by atoms with Crippen LogP contribution in [-0.4, -0.2) is 22.2 Å². The molecule has 1 heterocycles. The maximum absolute atomic E-state index is 6.41. The van der Waals surface area contributed by atoms with Gasteiger partial charge in [-0.2, -0.15) is 0 Å². The Balaban J connectivity index is 2.70. The normalized spacial score (nSPS) is 12.9. The van der Waals surface area contributed by atoms with E-state index >= 15 is 0 Å². The number of aryl methyl sites for hydroxylation is 1. The summed E-state index contributed by atoms with van der Waals surface area (Å²) >= 11 is 0. The molecule has 4 heteroatoms. The molecule has 0 atom stereocenters. The fraction of sp³-hybridized carbons (Fsp3) is 0.588. The van der Waals surface area contributed by atoms with E-state index in [4.69, 9.17) is 15.5 Å². The molecule has 0 aliphatic carbocycles. The Morgan fingerprint density at radius 2 is 1.90 bits per heavy atom. The monoisotopic (exact) mass is 289 g/mol. The van der Waals surface area contributed by atoms with Crippen LogP contribution in [0.15, 0.2) is 18.2 Å². The van der Waals surface area contributed by atoms with Crippen molar-refractivity contribution in [3.8, 4) is 5.75 Å². The van der Waals surface area contributed by atoms with E-state index in [1.165, 1.54) is 0 Å². The minimum Gasteiger partial charge on any atom is -0.497 e. The van der Waals surface area contributed by atoms with Gasteiger partial charge in [0.1, 0.15) is 11.6 Å². The van der Waals surface area contributed by atoms with Crippen LogP contribution in [0.25, 0.3) is 11.0 Å². The quantitative estimate of drug-likeness (QED) is 0.917. The highest BCUT2D eigenvalue weighted by atomic mass is 16.5. The summed E-state index contributed by atoms with van der Waals surface area (Å²) in [5.74, 6) is 1.88. The number of methoxy groups -OCH3 is 1. The number of nitrogens with two attached hydrogens (primary N) is 1. The van der Waals surface area contributed by atoms with E-state index in [0.717, 1.165) is 35.6 Å². The van der Waals surface area contributed by atoms with Crippen molar-refractivity contribution in [2.75, 3.05) is 7.11 Å². The first-order valence-corrected chi connectivity index (χ1v) is 7.56. The highest BCUT2D eigenvalue weighted by molar-refractivity contribution is 5.78. The Hall–Kier alpha value is -1.55. The van der Waals surface area contributed by atoms with Crippen LogP contribution < -0.4 is 10.5 Å². The lowest BCUT2D eigenvalue weighted by atomic mass is 9.74. The lowest BCUT2D eigenvalue weighted by Crippen LogP contribution is -2.51. The molecule has 116 valence electrons. The molecule has 1 aromatic carbocycles. The Bertz CT molecular complexity index is 635. The molecule has 0 amide bonds. The third-order valence-electron chi connectivity index (χ3n) is 4.57. The maximum atomic E-state index is 6.41. The minimum absolute atomic E-state index is 0.228. The first-order chi connectivity index (χ1) is 9.72. The van der Waals surface area contributed by atoms with Crippen molar-refractivity contribution in [3.63, 3.8) is 0 Å². The number of rotatable bonds is 5. The van der Waals surface area contributed by atoms with Crippen LogP contribution in [0.1, 0.15) is 46.9 Å². The maximum Gasteiger partial charge on any atom is 0.121 e. The molecule has 21 heavy (non-hydrogen) atoms. The van der Waals surface area contributed by atoms with Gasteiger partial charge in [-0.3, -0.25) is 0 Å². The fourth-order valence-electron chi connectivity index (χ4n) is 2.45. The van der Waals surface area contributed by atoms with Gasteiger partial charge < -0.3 is 15.0 Å². The van der Waals surface area contributed by atoms with Crippen molar-refractivity contribution >= 4 is 11.0 Å². The summed E-state index contributed by atoms with van der Waals surface area (Å²) in [5, 5.41) is 0. The van der Waals surface area contributed by atoms with Gasteiger partial charge in [0, 0.05) is 23.6 Å². The van der Waals surface area contributed by atoms with E-state index in [1.54, 1.807) is 7.11 Å². The number of hydrogen-bond acceptors (Lipinski definition) is 3. The van der Waals surface area contributed by atoms with Gasteiger partial charge in [0.15, 0.2) is 0 Å². The first kappa shape index (κ1) is 15.8. The van der Waals surface area contributed by atoms with Crippen molar-refractivity contribution in [1.82, 2.24) is 9.55 Å². The van der Waals surface area contributed by atoms with Gasteiger partial charge in [0.25, 0.3) is 0 Å². The summed E-state index contributed by atoms with van der Waals surface area (Å²) in [4.78, 5) is 4.88. The second-order valence-electron chi connectivity index (χ2n) is 6.79. The Morgan fingerprint density at radius 1 is 1.24 bits per heavy atom.